The molecular formula is C27H25F2N5O. The van der Waals surface area contributed by atoms with Gasteiger partial charge in [0, 0.05) is 24.3 Å². The number of rotatable bonds is 5. The zero-order valence-electron chi connectivity index (χ0n) is 19.2. The van der Waals surface area contributed by atoms with Crippen molar-refractivity contribution < 1.29 is 13.6 Å². The minimum absolute atomic E-state index is 0.248. The molecule has 6 nitrogen and oxygen atoms in total. The Morgan fingerprint density at radius 1 is 0.943 bits per heavy atom. The van der Waals surface area contributed by atoms with Gasteiger partial charge in [-0.15, -0.1) is 0 Å². The standard InChI is InChI=1S/C27H25F2N5O/c1-17-2-12-22(13-3-17)31-26-25(19-6-10-21(29)11-7-19)32-23-16-33(14-15-34(23)26)27(35)24(30)18-4-8-20(28)9-5-18/h2-13,24,31H,14-16,30H2,1H3/t24-/m0/s1. The smallest absolute Gasteiger partial charge is 0.244 e. The average Bonchev–Trinajstić information content (AvgIpc) is 3.23. The van der Waals surface area contributed by atoms with E-state index in [9.17, 15) is 13.6 Å². The van der Waals surface area contributed by atoms with E-state index in [0.717, 1.165) is 22.6 Å². The molecule has 0 spiro atoms. The van der Waals surface area contributed by atoms with Gasteiger partial charge in [0.15, 0.2) is 0 Å². The van der Waals surface area contributed by atoms with Crippen LogP contribution in [0.5, 0.6) is 0 Å². The molecule has 0 bridgehead atoms. The minimum Gasteiger partial charge on any atom is -0.340 e. The van der Waals surface area contributed by atoms with Crippen LogP contribution < -0.4 is 11.1 Å². The monoisotopic (exact) mass is 473 g/mol. The Bertz CT molecular complexity index is 1350. The van der Waals surface area contributed by atoms with E-state index >= 15 is 0 Å². The summed E-state index contributed by atoms with van der Waals surface area (Å²) < 4.78 is 28.9. The van der Waals surface area contributed by atoms with Crippen molar-refractivity contribution in [1.82, 2.24) is 14.5 Å². The van der Waals surface area contributed by atoms with Crippen LogP contribution in [0.3, 0.4) is 0 Å². The summed E-state index contributed by atoms with van der Waals surface area (Å²) >= 11 is 0. The van der Waals surface area contributed by atoms with E-state index < -0.39 is 6.04 Å². The number of carbonyl (C=O) groups excluding carboxylic acids is 1. The molecule has 0 saturated carbocycles. The van der Waals surface area contributed by atoms with Crippen LogP contribution in [0.2, 0.25) is 0 Å². The zero-order chi connectivity index (χ0) is 24.5. The molecule has 2 heterocycles. The molecule has 3 aromatic carbocycles. The number of hydrogen-bond acceptors (Lipinski definition) is 4. The quantitative estimate of drug-likeness (QED) is 0.431. The van der Waals surface area contributed by atoms with Gasteiger partial charge in [0.25, 0.3) is 0 Å². The van der Waals surface area contributed by atoms with Crippen LogP contribution in [0.15, 0.2) is 72.8 Å². The lowest BCUT2D eigenvalue weighted by Gasteiger charge is -2.30. The Hall–Kier alpha value is -4.04. The van der Waals surface area contributed by atoms with Crippen LogP contribution in [0.4, 0.5) is 20.3 Å². The number of aromatic nitrogens is 2. The first kappa shape index (κ1) is 22.7. The molecule has 5 rings (SSSR count). The van der Waals surface area contributed by atoms with Gasteiger partial charge >= 0.3 is 0 Å². The highest BCUT2D eigenvalue weighted by atomic mass is 19.1. The van der Waals surface area contributed by atoms with Crippen LogP contribution in [0, 0.1) is 18.6 Å². The number of hydrogen-bond donors (Lipinski definition) is 2. The number of amides is 1. The highest BCUT2D eigenvalue weighted by molar-refractivity contribution is 5.83. The van der Waals surface area contributed by atoms with Gasteiger partial charge in [-0.25, -0.2) is 13.8 Å². The van der Waals surface area contributed by atoms with Gasteiger partial charge in [-0.3, -0.25) is 4.79 Å². The van der Waals surface area contributed by atoms with Gasteiger partial charge in [0.2, 0.25) is 5.91 Å². The number of anilines is 2. The summed E-state index contributed by atoms with van der Waals surface area (Å²) in [4.78, 5) is 19.6. The fraction of sp³-hybridized carbons (Fsp3) is 0.185. The van der Waals surface area contributed by atoms with Gasteiger partial charge in [-0.1, -0.05) is 29.8 Å². The average molecular weight is 474 g/mol. The summed E-state index contributed by atoms with van der Waals surface area (Å²) in [5.41, 5.74) is 10.3. The number of nitrogens with two attached hydrogens (primary N) is 1. The van der Waals surface area contributed by atoms with E-state index in [0.29, 0.717) is 30.2 Å². The maximum atomic E-state index is 13.6. The molecule has 3 N–H and O–H groups in total. The Kier molecular flexibility index (Phi) is 6.05. The Labute approximate surface area is 202 Å². The maximum Gasteiger partial charge on any atom is 0.244 e. The fourth-order valence-electron chi connectivity index (χ4n) is 4.24. The molecule has 0 fully saturated rings. The molecule has 0 unspecified atom stereocenters. The van der Waals surface area contributed by atoms with Crippen LogP contribution in [-0.4, -0.2) is 26.9 Å². The molecule has 0 radical (unpaired) electrons. The molecule has 8 heteroatoms. The zero-order valence-corrected chi connectivity index (χ0v) is 19.2. The topological polar surface area (TPSA) is 76.2 Å². The van der Waals surface area contributed by atoms with Gasteiger partial charge in [0.1, 0.15) is 35.0 Å². The number of imidazole rings is 1. The van der Waals surface area contributed by atoms with Crippen molar-refractivity contribution in [2.45, 2.75) is 26.1 Å². The largest absolute Gasteiger partial charge is 0.340 e. The molecule has 1 aliphatic rings. The molecule has 1 atom stereocenters. The molecule has 35 heavy (non-hydrogen) atoms. The predicted octanol–water partition coefficient (Wildman–Crippen LogP) is 4.92. The van der Waals surface area contributed by atoms with Gasteiger partial charge in [-0.05, 0) is 61.0 Å². The number of benzene rings is 3. The molecule has 4 aromatic rings. The summed E-state index contributed by atoms with van der Waals surface area (Å²) in [7, 11) is 0. The van der Waals surface area contributed by atoms with Crippen molar-refractivity contribution in [3.8, 4) is 11.3 Å². The fourth-order valence-corrected chi connectivity index (χ4v) is 4.24. The second-order valence-corrected chi connectivity index (χ2v) is 8.66. The summed E-state index contributed by atoms with van der Waals surface area (Å²) in [5.74, 6) is 0.533. The molecule has 1 amide bonds. The molecule has 1 aliphatic heterocycles. The third-order valence-corrected chi connectivity index (χ3v) is 6.21. The number of fused-ring (bicyclic) bond motifs is 1. The van der Waals surface area contributed by atoms with Gasteiger partial charge in [0.05, 0.1) is 6.54 Å². The van der Waals surface area contributed by atoms with Crippen LogP contribution >= 0.6 is 0 Å². The van der Waals surface area contributed by atoms with E-state index in [1.807, 2.05) is 35.8 Å². The SMILES string of the molecule is Cc1ccc(Nc2c(-c3ccc(F)cc3)nc3n2CCN(C(=O)[C@@H](N)c2ccc(F)cc2)C3)cc1. The predicted molar refractivity (Wildman–Crippen MR) is 131 cm³/mol. The lowest BCUT2D eigenvalue weighted by Crippen LogP contribution is -2.43. The first-order chi connectivity index (χ1) is 16.9. The molecule has 0 saturated heterocycles. The van der Waals surface area contributed by atoms with Crippen molar-refractivity contribution in [3.63, 3.8) is 0 Å². The van der Waals surface area contributed by atoms with Gasteiger partial charge in [-0.2, -0.15) is 0 Å². The van der Waals surface area contributed by atoms with E-state index in [-0.39, 0.29) is 24.1 Å². The third-order valence-electron chi connectivity index (χ3n) is 6.21. The maximum absolute atomic E-state index is 13.6. The second-order valence-electron chi connectivity index (χ2n) is 8.66. The summed E-state index contributed by atoms with van der Waals surface area (Å²) in [6.07, 6.45) is 0. The van der Waals surface area contributed by atoms with Crippen molar-refractivity contribution >= 4 is 17.4 Å². The molecule has 178 valence electrons. The highest BCUT2D eigenvalue weighted by Gasteiger charge is 2.30. The minimum atomic E-state index is -0.890. The Balaban J connectivity index is 1.46. The molecule has 1 aromatic heterocycles. The lowest BCUT2D eigenvalue weighted by atomic mass is 10.1. The van der Waals surface area contributed by atoms with Crippen molar-refractivity contribution in [3.05, 3.63) is 101 Å². The van der Waals surface area contributed by atoms with E-state index in [4.69, 9.17) is 10.7 Å². The second kappa shape index (κ2) is 9.31. The van der Waals surface area contributed by atoms with E-state index in [1.165, 1.54) is 36.4 Å². The van der Waals surface area contributed by atoms with Crippen LogP contribution in [0.25, 0.3) is 11.3 Å². The van der Waals surface area contributed by atoms with Crippen molar-refractivity contribution in [1.29, 1.82) is 0 Å². The van der Waals surface area contributed by atoms with Crippen LogP contribution in [-0.2, 0) is 17.9 Å². The summed E-state index contributed by atoms with van der Waals surface area (Å²) in [6.45, 7) is 3.26. The summed E-state index contributed by atoms with van der Waals surface area (Å²) in [6, 6.07) is 19.0. The number of aryl methyl sites for hydroxylation is 1. The first-order valence-electron chi connectivity index (χ1n) is 11.4. The Morgan fingerprint density at radius 2 is 1.57 bits per heavy atom. The van der Waals surface area contributed by atoms with Crippen LogP contribution in [0.1, 0.15) is 23.0 Å². The normalized spacial score (nSPS) is 13.9. The number of nitrogens with one attached hydrogen (secondary N) is 1. The van der Waals surface area contributed by atoms with E-state index in [1.54, 1.807) is 17.0 Å². The highest BCUT2D eigenvalue weighted by Crippen LogP contribution is 2.34. The third kappa shape index (κ3) is 4.65. The van der Waals surface area contributed by atoms with E-state index in [2.05, 4.69) is 5.32 Å². The summed E-state index contributed by atoms with van der Waals surface area (Å²) in [5, 5.41) is 3.46. The molecular weight excluding hydrogens is 448 g/mol. The number of halogens is 2. The van der Waals surface area contributed by atoms with Gasteiger partial charge < -0.3 is 20.5 Å². The Morgan fingerprint density at radius 3 is 2.23 bits per heavy atom. The van der Waals surface area contributed by atoms with Crippen molar-refractivity contribution in [2.75, 3.05) is 11.9 Å². The number of carbonyl (C=O) groups is 1. The lowest BCUT2D eigenvalue weighted by molar-refractivity contribution is -0.134. The van der Waals surface area contributed by atoms with Crippen molar-refractivity contribution in [2.24, 2.45) is 5.73 Å². The molecule has 0 aliphatic carbocycles. The first-order valence-corrected chi connectivity index (χ1v) is 11.4. The number of nitrogens with zero attached hydrogens (tertiary/aromatic N) is 3.